The molecule has 0 aromatic rings. The van der Waals surface area contributed by atoms with Crippen molar-refractivity contribution in [3.63, 3.8) is 0 Å². The molecule has 0 aliphatic carbocycles. The van der Waals surface area contributed by atoms with Crippen LogP contribution in [0.15, 0.2) is 122 Å². The van der Waals surface area contributed by atoms with Gasteiger partial charge >= 0.3 is 11.9 Å². The van der Waals surface area contributed by atoms with Gasteiger partial charge in [0.25, 0.3) is 0 Å². The second kappa shape index (κ2) is 41.7. The van der Waals surface area contributed by atoms with Gasteiger partial charge in [-0.2, -0.15) is 0 Å². The molecule has 0 N–H and O–H groups in total. The fourth-order valence-electron chi connectivity index (χ4n) is 4.64. The summed E-state index contributed by atoms with van der Waals surface area (Å²) in [4.78, 5) is 24.8. The Morgan fingerprint density at radius 1 is 0.462 bits per heavy atom. The molecule has 5 heteroatoms. The van der Waals surface area contributed by atoms with E-state index in [1.807, 2.05) is 12.2 Å². The van der Waals surface area contributed by atoms with E-state index >= 15 is 0 Å². The quantitative estimate of drug-likeness (QED) is 0.0377. The van der Waals surface area contributed by atoms with E-state index in [1.54, 1.807) is 0 Å². The highest BCUT2D eigenvalue weighted by atomic mass is 16.6. The molecule has 0 amide bonds. The van der Waals surface area contributed by atoms with Gasteiger partial charge in [-0.3, -0.25) is 9.59 Å². The topological polar surface area (TPSA) is 61.8 Å². The van der Waals surface area contributed by atoms with Gasteiger partial charge in [0.05, 0.1) is 19.6 Å². The zero-order chi connectivity index (χ0) is 37.8. The normalized spacial score (nSPS) is 13.5. The maximum atomic E-state index is 12.5. The van der Waals surface area contributed by atoms with Gasteiger partial charge in [0.15, 0.2) is 6.10 Å². The minimum atomic E-state index is -0.617. The maximum absolute atomic E-state index is 12.5. The van der Waals surface area contributed by atoms with E-state index in [9.17, 15) is 9.59 Å². The van der Waals surface area contributed by atoms with Crippen molar-refractivity contribution in [1.29, 1.82) is 0 Å². The van der Waals surface area contributed by atoms with Crippen LogP contribution in [0, 0.1) is 0 Å². The lowest BCUT2D eigenvalue weighted by atomic mass is 10.1. The first-order valence-electron chi connectivity index (χ1n) is 20.1. The highest BCUT2D eigenvalue weighted by molar-refractivity contribution is 5.71. The molecule has 0 saturated heterocycles. The van der Waals surface area contributed by atoms with Crippen LogP contribution in [0.4, 0.5) is 0 Å². The standard InChI is InChI=1S/C47H72O5/c1-4-7-10-13-15-17-19-21-23-25-27-29-31-33-36-39-42-50-43-45(52-47(49)41-38-34-12-9-6-3)44-51-46(48)40-37-35-32-30-28-26-24-22-20-18-16-14-11-8-5-2/h7-8,10-11,15-18,21-24,27-30,33,35-37,45H,4-6,9,12-14,19-20,25-26,31-32,34,38-44H2,1-3H3/b10-7-,11-8-,17-15-,18-16-,23-21-,24-22-,29-27-,30-28-,36-33-,37-35-. The summed E-state index contributed by atoms with van der Waals surface area (Å²) in [5.74, 6) is -0.613. The van der Waals surface area contributed by atoms with Gasteiger partial charge in [-0.1, -0.05) is 168 Å². The van der Waals surface area contributed by atoms with Crippen LogP contribution in [0.2, 0.25) is 0 Å². The summed E-state index contributed by atoms with van der Waals surface area (Å²) in [5.41, 5.74) is 0. The third-order valence-electron chi connectivity index (χ3n) is 7.55. The first kappa shape index (κ1) is 48.3. The van der Waals surface area contributed by atoms with Crippen molar-refractivity contribution in [2.45, 2.75) is 142 Å². The lowest BCUT2D eigenvalue weighted by Crippen LogP contribution is -2.30. The SMILES string of the molecule is CC/C=C\C/C=C\C/C=C\C/C=C\C/C=C\CCOCC(COC(=O)C/C=C\C/C=C\C/C=C\C/C=C\C/C=C\CC)OC(=O)CCCCCCC. The highest BCUT2D eigenvalue weighted by Crippen LogP contribution is 2.08. The first-order chi connectivity index (χ1) is 25.6. The molecule has 52 heavy (non-hydrogen) atoms. The number of ether oxygens (including phenoxy) is 3. The minimum absolute atomic E-state index is 0.00716. The summed E-state index contributed by atoms with van der Waals surface area (Å²) < 4.78 is 16.9. The van der Waals surface area contributed by atoms with Crippen molar-refractivity contribution < 1.29 is 23.8 Å². The Labute approximate surface area is 318 Å². The van der Waals surface area contributed by atoms with Crippen molar-refractivity contribution in [2.75, 3.05) is 19.8 Å². The van der Waals surface area contributed by atoms with Crippen LogP contribution in [0.5, 0.6) is 0 Å². The molecule has 0 spiro atoms. The van der Waals surface area contributed by atoms with E-state index in [4.69, 9.17) is 14.2 Å². The van der Waals surface area contributed by atoms with Gasteiger partial charge in [-0.05, 0) is 77.0 Å². The zero-order valence-electron chi connectivity index (χ0n) is 33.0. The second-order valence-electron chi connectivity index (χ2n) is 12.4. The van der Waals surface area contributed by atoms with Gasteiger partial charge in [-0.25, -0.2) is 0 Å². The number of unbranched alkanes of at least 4 members (excludes halogenated alkanes) is 4. The molecule has 0 bridgehead atoms. The summed E-state index contributed by atoms with van der Waals surface area (Å²) in [5, 5.41) is 0. The van der Waals surface area contributed by atoms with Gasteiger partial charge in [-0.15, -0.1) is 0 Å². The number of esters is 2. The minimum Gasteiger partial charge on any atom is -0.461 e. The molecule has 0 aliphatic rings. The van der Waals surface area contributed by atoms with Crippen molar-refractivity contribution in [3.05, 3.63) is 122 Å². The molecule has 0 radical (unpaired) electrons. The largest absolute Gasteiger partial charge is 0.461 e. The number of allylic oxidation sites excluding steroid dienone is 18. The summed E-state index contributed by atoms with van der Waals surface area (Å²) in [6, 6.07) is 0. The summed E-state index contributed by atoms with van der Waals surface area (Å²) >= 11 is 0. The van der Waals surface area contributed by atoms with Gasteiger partial charge in [0.2, 0.25) is 0 Å². The lowest BCUT2D eigenvalue weighted by molar-refractivity contribution is -0.162. The zero-order valence-corrected chi connectivity index (χ0v) is 33.0. The predicted octanol–water partition coefficient (Wildman–Crippen LogP) is 13.1. The Kier molecular flexibility index (Phi) is 38.8. The molecule has 0 aromatic heterocycles. The number of hydrogen-bond acceptors (Lipinski definition) is 5. The molecule has 290 valence electrons. The van der Waals surface area contributed by atoms with Crippen LogP contribution < -0.4 is 0 Å². The Morgan fingerprint density at radius 2 is 0.885 bits per heavy atom. The van der Waals surface area contributed by atoms with Crippen LogP contribution in [-0.4, -0.2) is 37.9 Å². The monoisotopic (exact) mass is 717 g/mol. The fraction of sp³-hybridized carbons (Fsp3) is 0.532. The van der Waals surface area contributed by atoms with Gasteiger partial charge in [0, 0.05) is 6.42 Å². The molecule has 1 atom stereocenters. The van der Waals surface area contributed by atoms with Gasteiger partial charge in [0.1, 0.15) is 6.61 Å². The molecule has 0 aromatic carbocycles. The van der Waals surface area contributed by atoms with Crippen molar-refractivity contribution >= 4 is 11.9 Å². The average Bonchev–Trinajstić information content (AvgIpc) is 3.14. The molecule has 0 heterocycles. The van der Waals surface area contributed by atoms with E-state index in [-0.39, 0.29) is 31.6 Å². The van der Waals surface area contributed by atoms with Crippen molar-refractivity contribution in [3.8, 4) is 0 Å². The van der Waals surface area contributed by atoms with Crippen molar-refractivity contribution in [2.24, 2.45) is 0 Å². The highest BCUT2D eigenvalue weighted by Gasteiger charge is 2.17. The van der Waals surface area contributed by atoms with Crippen molar-refractivity contribution in [1.82, 2.24) is 0 Å². The second-order valence-corrected chi connectivity index (χ2v) is 12.4. The third-order valence-corrected chi connectivity index (χ3v) is 7.55. The first-order valence-corrected chi connectivity index (χ1v) is 20.1. The molecule has 0 fully saturated rings. The molecule has 0 saturated carbocycles. The molecule has 1 unspecified atom stereocenters. The van der Waals surface area contributed by atoms with Gasteiger partial charge < -0.3 is 14.2 Å². The van der Waals surface area contributed by atoms with E-state index in [0.717, 1.165) is 96.3 Å². The number of carbonyl (C=O) groups is 2. The number of hydrogen-bond donors (Lipinski definition) is 0. The molecule has 0 rings (SSSR count). The Balaban J connectivity index is 4.40. The molecular formula is C47H72O5. The average molecular weight is 717 g/mol. The van der Waals surface area contributed by atoms with Crippen LogP contribution in [0.1, 0.15) is 136 Å². The predicted molar refractivity (Wildman–Crippen MR) is 223 cm³/mol. The van der Waals surface area contributed by atoms with E-state index in [2.05, 4.69) is 130 Å². The maximum Gasteiger partial charge on any atom is 0.309 e. The number of carbonyl (C=O) groups excluding carboxylic acids is 2. The van der Waals surface area contributed by atoms with E-state index in [0.29, 0.717) is 13.0 Å². The third kappa shape index (κ3) is 39.1. The van der Waals surface area contributed by atoms with Crippen LogP contribution in [0.3, 0.4) is 0 Å². The van der Waals surface area contributed by atoms with E-state index < -0.39 is 6.10 Å². The smallest absolute Gasteiger partial charge is 0.309 e. The van der Waals surface area contributed by atoms with Crippen LogP contribution in [0.25, 0.3) is 0 Å². The van der Waals surface area contributed by atoms with Crippen LogP contribution >= 0.6 is 0 Å². The molecule has 0 aliphatic heterocycles. The number of rotatable bonds is 34. The Bertz CT molecular complexity index is 1130. The van der Waals surface area contributed by atoms with Crippen LogP contribution in [-0.2, 0) is 23.8 Å². The summed E-state index contributed by atoms with van der Waals surface area (Å²) in [7, 11) is 0. The lowest BCUT2D eigenvalue weighted by Gasteiger charge is -2.18. The fourth-order valence-corrected chi connectivity index (χ4v) is 4.64. The Hall–Kier alpha value is -3.70. The van der Waals surface area contributed by atoms with E-state index in [1.165, 1.54) is 6.42 Å². The Morgan fingerprint density at radius 3 is 1.35 bits per heavy atom. The summed E-state index contributed by atoms with van der Waals surface area (Å²) in [6.45, 7) is 7.15. The molecular weight excluding hydrogens is 645 g/mol. The molecule has 5 nitrogen and oxygen atoms in total. The summed E-state index contributed by atoms with van der Waals surface area (Å²) in [6.07, 6.45) is 58.4.